The van der Waals surface area contributed by atoms with Crippen LogP contribution in [0.4, 0.5) is 0 Å². The van der Waals surface area contributed by atoms with Crippen LogP contribution in [0.2, 0.25) is 0 Å². The first-order valence-electron chi connectivity index (χ1n) is 9.89. The van der Waals surface area contributed by atoms with Crippen molar-refractivity contribution in [3.63, 3.8) is 0 Å². The van der Waals surface area contributed by atoms with Crippen LogP contribution in [-0.2, 0) is 12.8 Å². The first kappa shape index (κ1) is 19.3. The second-order valence-electron chi connectivity index (χ2n) is 7.29. The smallest absolute Gasteiger partial charge is 0.125 e. The predicted molar refractivity (Wildman–Crippen MR) is 117 cm³/mol. The van der Waals surface area contributed by atoms with Gasteiger partial charge in [-0.3, -0.25) is 0 Å². The quantitative estimate of drug-likeness (QED) is 0.346. The van der Waals surface area contributed by atoms with Crippen molar-refractivity contribution in [1.82, 2.24) is 10.3 Å². The maximum Gasteiger partial charge on any atom is 0.125 e. The summed E-state index contributed by atoms with van der Waals surface area (Å²) in [4.78, 5) is 3.39. The van der Waals surface area contributed by atoms with Crippen molar-refractivity contribution in [3.05, 3.63) is 71.8 Å². The molecule has 0 bridgehead atoms. The van der Waals surface area contributed by atoms with E-state index in [2.05, 4.69) is 16.4 Å². The van der Waals surface area contributed by atoms with Crippen molar-refractivity contribution in [2.45, 2.75) is 18.9 Å². The lowest BCUT2D eigenvalue weighted by atomic mass is 10.0. The summed E-state index contributed by atoms with van der Waals surface area (Å²) < 4.78 is 5.38. The number of aromatic nitrogens is 1. The number of para-hydroxylation sites is 2. The Labute approximate surface area is 170 Å². The number of H-pyrrole nitrogens is 1. The van der Waals surface area contributed by atoms with E-state index in [1.807, 2.05) is 48.5 Å². The van der Waals surface area contributed by atoms with Gasteiger partial charge in [0.05, 0.1) is 18.7 Å². The Hall–Kier alpha value is -3.02. The topological polar surface area (TPSA) is 77.5 Å². The van der Waals surface area contributed by atoms with Gasteiger partial charge in [0, 0.05) is 29.3 Å². The lowest BCUT2D eigenvalue weighted by Crippen LogP contribution is -2.30. The molecule has 0 saturated heterocycles. The van der Waals surface area contributed by atoms with Gasteiger partial charge < -0.3 is 25.3 Å². The van der Waals surface area contributed by atoms with Crippen LogP contribution < -0.4 is 10.1 Å². The minimum Gasteiger partial charge on any atom is -0.507 e. The number of methoxy groups -OCH3 is 1. The van der Waals surface area contributed by atoms with Gasteiger partial charge in [-0.1, -0.05) is 42.5 Å². The third-order valence-electron chi connectivity index (χ3n) is 5.32. The molecule has 1 aromatic heterocycles. The molecule has 4 rings (SSSR count). The minimum atomic E-state index is -0.521. The number of benzene rings is 3. The number of hydrogen-bond donors (Lipinski definition) is 4. The van der Waals surface area contributed by atoms with Crippen molar-refractivity contribution < 1.29 is 14.9 Å². The molecule has 1 atom stereocenters. The Morgan fingerprint density at radius 3 is 2.66 bits per heavy atom. The highest BCUT2D eigenvalue weighted by molar-refractivity contribution is 6.11. The monoisotopic (exact) mass is 390 g/mol. The second kappa shape index (κ2) is 8.55. The van der Waals surface area contributed by atoms with E-state index >= 15 is 0 Å². The number of phenols is 1. The zero-order valence-electron chi connectivity index (χ0n) is 16.5. The summed E-state index contributed by atoms with van der Waals surface area (Å²) in [6.45, 7) is 1.26. The van der Waals surface area contributed by atoms with Gasteiger partial charge in [-0.2, -0.15) is 0 Å². The molecule has 0 spiro atoms. The number of fused-ring (bicyclic) bond motifs is 3. The van der Waals surface area contributed by atoms with Gasteiger partial charge in [-0.15, -0.1) is 0 Å². The van der Waals surface area contributed by atoms with Crippen molar-refractivity contribution in [2.75, 3.05) is 20.2 Å². The number of rotatable bonds is 8. The summed E-state index contributed by atoms with van der Waals surface area (Å²) in [5.41, 5.74) is 4.01. The number of aliphatic hydroxyl groups excluding tert-OH is 1. The van der Waals surface area contributed by atoms with Crippen molar-refractivity contribution in [1.29, 1.82) is 0 Å². The highest BCUT2D eigenvalue weighted by Gasteiger charge is 2.14. The van der Waals surface area contributed by atoms with Gasteiger partial charge in [-0.05, 0) is 42.3 Å². The molecule has 0 radical (unpaired) electrons. The van der Waals surface area contributed by atoms with Crippen LogP contribution in [-0.4, -0.2) is 41.5 Å². The molecule has 0 fully saturated rings. The van der Waals surface area contributed by atoms with Crippen LogP contribution in [0.1, 0.15) is 11.1 Å². The van der Waals surface area contributed by atoms with Gasteiger partial charge in [0.2, 0.25) is 0 Å². The maximum absolute atomic E-state index is 10.5. The van der Waals surface area contributed by atoms with Gasteiger partial charge in [-0.25, -0.2) is 0 Å². The molecular weight excluding hydrogens is 364 g/mol. The fraction of sp³-hybridized carbons (Fsp3) is 0.250. The van der Waals surface area contributed by atoms with E-state index in [0.29, 0.717) is 13.0 Å². The third-order valence-corrected chi connectivity index (χ3v) is 5.32. The molecule has 3 aromatic carbocycles. The third kappa shape index (κ3) is 4.06. The Kier molecular flexibility index (Phi) is 5.69. The summed E-state index contributed by atoms with van der Waals surface area (Å²) >= 11 is 0. The summed E-state index contributed by atoms with van der Waals surface area (Å²) in [6.07, 6.45) is 0.819. The Bertz CT molecular complexity index is 1120. The Balaban J connectivity index is 1.40. The summed E-state index contributed by atoms with van der Waals surface area (Å²) in [5, 5.41) is 26.0. The van der Waals surface area contributed by atoms with E-state index in [9.17, 15) is 10.2 Å². The largest absolute Gasteiger partial charge is 0.507 e. The molecule has 0 aliphatic carbocycles. The van der Waals surface area contributed by atoms with E-state index in [0.717, 1.165) is 51.6 Å². The number of aliphatic hydroxyl groups is 1. The van der Waals surface area contributed by atoms with Gasteiger partial charge in [0.15, 0.2) is 0 Å². The highest BCUT2D eigenvalue weighted by Crippen LogP contribution is 2.34. The summed E-state index contributed by atoms with van der Waals surface area (Å²) in [5.74, 6) is 1.14. The molecule has 29 heavy (non-hydrogen) atoms. The summed E-state index contributed by atoms with van der Waals surface area (Å²) in [6, 6.07) is 19.5. The Morgan fingerprint density at radius 1 is 1.00 bits per heavy atom. The Morgan fingerprint density at radius 2 is 1.79 bits per heavy atom. The minimum absolute atomic E-state index is 0.255. The molecule has 0 aliphatic rings. The molecule has 1 unspecified atom stereocenters. The molecule has 5 heteroatoms. The fourth-order valence-electron chi connectivity index (χ4n) is 3.89. The molecule has 0 amide bonds. The van der Waals surface area contributed by atoms with Crippen LogP contribution in [0, 0.1) is 0 Å². The summed E-state index contributed by atoms with van der Waals surface area (Å²) in [7, 11) is 1.68. The fourth-order valence-corrected chi connectivity index (χ4v) is 3.89. The van der Waals surface area contributed by atoms with Gasteiger partial charge >= 0.3 is 0 Å². The lowest BCUT2D eigenvalue weighted by Gasteiger charge is -2.14. The number of hydrogen-bond acceptors (Lipinski definition) is 4. The predicted octanol–water partition coefficient (Wildman–Crippen LogP) is 3.77. The number of ether oxygens (including phenoxy) is 1. The zero-order chi connectivity index (χ0) is 20.2. The van der Waals surface area contributed by atoms with Crippen molar-refractivity contribution >= 4 is 21.8 Å². The van der Waals surface area contributed by atoms with Crippen molar-refractivity contribution in [3.8, 4) is 11.5 Å². The zero-order valence-corrected chi connectivity index (χ0v) is 16.5. The van der Waals surface area contributed by atoms with Crippen LogP contribution in [0.5, 0.6) is 11.5 Å². The van der Waals surface area contributed by atoms with E-state index in [1.54, 1.807) is 13.2 Å². The standard InChI is InChI=1S/C24H26N2O3/c1-29-22-9-5-2-6-16(22)12-13-25-15-18(27)14-17-10-11-21(28)23-19-7-3-4-8-20(19)26-24(17)23/h2-11,18,25-28H,12-15H2,1H3. The highest BCUT2D eigenvalue weighted by atomic mass is 16.5. The maximum atomic E-state index is 10.5. The molecule has 1 heterocycles. The number of aromatic amines is 1. The normalized spacial score (nSPS) is 12.5. The average molecular weight is 390 g/mol. The van der Waals surface area contributed by atoms with Crippen molar-refractivity contribution in [2.24, 2.45) is 0 Å². The first-order chi connectivity index (χ1) is 14.2. The first-order valence-corrected chi connectivity index (χ1v) is 9.89. The molecule has 0 aliphatic heterocycles. The molecular formula is C24H26N2O3. The van der Waals surface area contributed by atoms with Gasteiger partial charge in [0.25, 0.3) is 0 Å². The molecule has 150 valence electrons. The molecule has 0 saturated carbocycles. The van der Waals surface area contributed by atoms with Crippen LogP contribution in [0.25, 0.3) is 21.8 Å². The van der Waals surface area contributed by atoms with E-state index in [4.69, 9.17) is 4.74 Å². The van der Waals surface area contributed by atoms with E-state index in [-0.39, 0.29) is 5.75 Å². The van der Waals surface area contributed by atoms with E-state index < -0.39 is 6.10 Å². The van der Waals surface area contributed by atoms with Crippen LogP contribution in [0.15, 0.2) is 60.7 Å². The molecule has 5 nitrogen and oxygen atoms in total. The average Bonchev–Trinajstić information content (AvgIpc) is 3.14. The van der Waals surface area contributed by atoms with Gasteiger partial charge in [0.1, 0.15) is 11.5 Å². The number of aromatic hydroxyl groups is 1. The molecule has 4 aromatic rings. The second-order valence-corrected chi connectivity index (χ2v) is 7.29. The number of nitrogens with one attached hydrogen (secondary N) is 2. The lowest BCUT2D eigenvalue weighted by molar-refractivity contribution is 0.172. The van der Waals surface area contributed by atoms with E-state index in [1.165, 1.54) is 0 Å². The number of phenolic OH excluding ortho intramolecular Hbond substituents is 1. The van der Waals surface area contributed by atoms with Crippen LogP contribution >= 0.6 is 0 Å². The molecule has 4 N–H and O–H groups in total. The SMILES string of the molecule is COc1ccccc1CCNCC(O)Cc1ccc(O)c2c1[nH]c1ccccc12. The van der Waals surface area contributed by atoms with Crippen LogP contribution in [0.3, 0.4) is 0 Å².